The van der Waals surface area contributed by atoms with Gasteiger partial charge in [-0.1, -0.05) is 0 Å². The number of rotatable bonds is 3. The fraction of sp³-hybridized carbons (Fsp3) is 0.417. The van der Waals surface area contributed by atoms with E-state index in [9.17, 15) is 9.90 Å². The molecule has 0 saturated heterocycles. The maximum Gasteiger partial charge on any atom is 0.303 e. The number of aromatic hydroxyl groups is 1. The van der Waals surface area contributed by atoms with Gasteiger partial charge in [-0.2, -0.15) is 0 Å². The molecule has 1 unspecified atom stereocenters. The summed E-state index contributed by atoms with van der Waals surface area (Å²) >= 11 is 0. The molecule has 1 atom stereocenters. The lowest BCUT2D eigenvalue weighted by Gasteiger charge is -2.21. The van der Waals surface area contributed by atoms with Gasteiger partial charge in [0.1, 0.15) is 5.75 Å². The Hall–Kier alpha value is -1.71. The highest BCUT2D eigenvalue weighted by Crippen LogP contribution is 2.34. The van der Waals surface area contributed by atoms with Crippen LogP contribution in [0.2, 0.25) is 0 Å². The molecule has 0 amide bonds. The molecule has 4 heteroatoms. The van der Waals surface area contributed by atoms with Crippen LogP contribution in [-0.2, 0) is 11.2 Å². The van der Waals surface area contributed by atoms with Crippen molar-refractivity contribution in [1.82, 2.24) is 0 Å². The Bertz CT molecular complexity index is 417. The number of carbonyl (C=O) groups is 1. The third-order valence-corrected chi connectivity index (χ3v) is 3.14. The van der Waals surface area contributed by atoms with Crippen molar-refractivity contribution in [2.75, 3.05) is 11.9 Å². The minimum atomic E-state index is -0.757. The molecule has 1 aromatic carbocycles. The lowest BCUT2D eigenvalue weighted by atomic mass is 10.1. The molecule has 16 heavy (non-hydrogen) atoms. The van der Waals surface area contributed by atoms with Crippen molar-refractivity contribution in [3.63, 3.8) is 0 Å². The molecule has 2 rings (SSSR count). The summed E-state index contributed by atoms with van der Waals surface area (Å²) in [7, 11) is 1.97. The molecule has 1 heterocycles. The van der Waals surface area contributed by atoms with E-state index < -0.39 is 5.97 Å². The molecule has 2 N–H and O–H groups in total. The van der Waals surface area contributed by atoms with Gasteiger partial charge in [-0.25, -0.2) is 0 Å². The Balaban J connectivity index is 2.11. The lowest BCUT2D eigenvalue weighted by Crippen LogP contribution is -2.28. The monoisotopic (exact) mass is 221 g/mol. The highest BCUT2D eigenvalue weighted by Gasteiger charge is 2.26. The number of anilines is 1. The van der Waals surface area contributed by atoms with E-state index in [4.69, 9.17) is 5.11 Å². The maximum absolute atomic E-state index is 10.5. The van der Waals surface area contributed by atoms with Gasteiger partial charge in [-0.3, -0.25) is 4.79 Å². The molecule has 1 aliphatic rings. The fourth-order valence-corrected chi connectivity index (χ4v) is 2.25. The first-order valence-electron chi connectivity index (χ1n) is 5.34. The van der Waals surface area contributed by atoms with Crippen molar-refractivity contribution in [1.29, 1.82) is 0 Å². The van der Waals surface area contributed by atoms with E-state index in [1.165, 1.54) is 0 Å². The molecule has 0 saturated carbocycles. The largest absolute Gasteiger partial charge is 0.508 e. The van der Waals surface area contributed by atoms with Crippen molar-refractivity contribution < 1.29 is 15.0 Å². The van der Waals surface area contributed by atoms with Crippen molar-refractivity contribution in [3.05, 3.63) is 23.8 Å². The number of carboxylic acids is 1. The third-order valence-electron chi connectivity index (χ3n) is 3.14. The van der Waals surface area contributed by atoms with Gasteiger partial charge in [0, 0.05) is 25.2 Å². The highest BCUT2D eigenvalue weighted by atomic mass is 16.4. The Morgan fingerprint density at radius 1 is 1.56 bits per heavy atom. The summed E-state index contributed by atoms with van der Waals surface area (Å²) < 4.78 is 0. The molecule has 0 fully saturated rings. The Kier molecular flexibility index (Phi) is 2.73. The average molecular weight is 221 g/mol. The van der Waals surface area contributed by atoms with E-state index >= 15 is 0 Å². The van der Waals surface area contributed by atoms with Crippen LogP contribution in [0.15, 0.2) is 18.2 Å². The number of hydrogen-bond acceptors (Lipinski definition) is 3. The summed E-state index contributed by atoms with van der Waals surface area (Å²) in [6.07, 6.45) is 1.64. The van der Waals surface area contributed by atoms with Gasteiger partial charge in [0.25, 0.3) is 0 Å². The topological polar surface area (TPSA) is 60.8 Å². The van der Waals surface area contributed by atoms with E-state index in [-0.39, 0.29) is 18.2 Å². The van der Waals surface area contributed by atoms with Crippen molar-refractivity contribution in [3.8, 4) is 5.75 Å². The van der Waals surface area contributed by atoms with Crippen LogP contribution in [0.25, 0.3) is 0 Å². The average Bonchev–Trinajstić information content (AvgIpc) is 2.52. The molecule has 1 aromatic rings. The summed E-state index contributed by atoms with van der Waals surface area (Å²) in [6.45, 7) is 0. The minimum absolute atomic E-state index is 0.189. The third kappa shape index (κ3) is 1.96. The van der Waals surface area contributed by atoms with Crippen LogP contribution >= 0.6 is 0 Å². The van der Waals surface area contributed by atoms with Crippen LogP contribution in [0, 0.1) is 0 Å². The van der Waals surface area contributed by atoms with Gasteiger partial charge in [-0.05, 0) is 36.6 Å². The van der Waals surface area contributed by atoms with Gasteiger partial charge < -0.3 is 15.1 Å². The van der Waals surface area contributed by atoms with Crippen molar-refractivity contribution >= 4 is 11.7 Å². The van der Waals surface area contributed by atoms with Gasteiger partial charge in [0.05, 0.1) is 0 Å². The molecule has 0 aliphatic carbocycles. The van der Waals surface area contributed by atoms with E-state index in [1.807, 2.05) is 13.1 Å². The molecule has 4 nitrogen and oxygen atoms in total. The molecule has 0 radical (unpaired) electrons. The number of fused-ring (bicyclic) bond motifs is 1. The number of carboxylic acid groups (broad SMARTS) is 1. The van der Waals surface area contributed by atoms with Crippen LogP contribution in [0.3, 0.4) is 0 Å². The van der Waals surface area contributed by atoms with Gasteiger partial charge in [0.2, 0.25) is 0 Å². The van der Waals surface area contributed by atoms with E-state index in [0.29, 0.717) is 6.42 Å². The molecule has 0 aromatic heterocycles. The van der Waals surface area contributed by atoms with E-state index in [2.05, 4.69) is 4.90 Å². The maximum atomic E-state index is 10.5. The molecule has 0 bridgehead atoms. The molecule has 86 valence electrons. The molecule has 1 aliphatic heterocycles. The molecule has 0 spiro atoms. The Morgan fingerprint density at radius 3 is 3.00 bits per heavy atom. The smallest absolute Gasteiger partial charge is 0.303 e. The predicted molar refractivity (Wildman–Crippen MR) is 60.9 cm³/mol. The summed E-state index contributed by atoms with van der Waals surface area (Å²) in [5, 5.41) is 18.0. The first kappa shape index (κ1) is 10.8. The second-order valence-corrected chi connectivity index (χ2v) is 4.21. The van der Waals surface area contributed by atoms with Gasteiger partial charge >= 0.3 is 5.97 Å². The number of aliphatic carboxylic acids is 1. The first-order chi connectivity index (χ1) is 7.58. The van der Waals surface area contributed by atoms with Crippen molar-refractivity contribution in [2.45, 2.75) is 25.3 Å². The summed E-state index contributed by atoms with van der Waals surface area (Å²) in [5.74, 6) is -0.488. The summed E-state index contributed by atoms with van der Waals surface area (Å²) in [5.41, 5.74) is 2.19. The van der Waals surface area contributed by atoms with E-state index in [1.54, 1.807) is 12.1 Å². The quantitative estimate of drug-likeness (QED) is 0.814. The number of benzene rings is 1. The highest BCUT2D eigenvalue weighted by molar-refractivity contribution is 5.67. The zero-order valence-corrected chi connectivity index (χ0v) is 9.18. The molecular formula is C12H15NO3. The van der Waals surface area contributed by atoms with Gasteiger partial charge in [0.15, 0.2) is 0 Å². The number of likely N-dealkylation sites (N-methyl/N-ethyl adjacent to an activating group) is 1. The van der Waals surface area contributed by atoms with Crippen LogP contribution in [0.4, 0.5) is 5.69 Å². The number of phenols is 1. The first-order valence-corrected chi connectivity index (χ1v) is 5.34. The Labute approximate surface area is 94.1 Å². The lowest BCUT2D eigenvalue weighted by molar-refractivity contribution is -0.137. The van der Waals surface area contributed by atoms with Gasteiger partial charge in [-0.15, -0.1) is 0 Å². The number of nitrogens with zero attached hydrogens (tertiary/aromatic N) is 1. The predicted octanol–water partition coefficient (Wildman–Crippen LogP) is 1.62. The number of hydrogen-bond donors (Lipinski definition) is 2. The normalized spacial score (nSPS) is 18.6. The second-order valence-electron chi connectivity index (χ2n) is 4.21. The van der Waals surface area contributed by atoms with Crippen LogP contribution in [-0.4, -0.2) is 29.3 Å². The fourth-order valence-electron chi connectivity index (χ4n) is 2.25. The summed E-state index contributed by atoms with van der Waals surface area (Å²) in [6, 6.07) is 5.53. The molecular weight excluding hydrogens is 206 g/mol. The summed E-state index contributed by atoms with van der Waals surface area (Å²) in [4.78, 5) is 12.6. The number of phenolic OH excluding ortho intramolecular Hbond substituents is 1. The minimum Gasteiger partial charge on any atom is -0.508 e. The van der Waals surface area contributed by atoms with E-state index in [0.717, 1.165) is 17.7 Å². The zero-order chi connectivity index (χ0) is 11.7. The second kappa shape index (κ2) is 4.04. The zero-order valence-electron chi connectivity index (χ0n) is 9.18. The van der Waals surface area contributed by atoms with Crippen molar-refractivity contribution in [2.24, 2.45) is 0 Å². The standard InChI is InChI=1S/C12H15NO3/c1-13-9(2-5-12(15)16)6-8-7-10(14)3-4-11(8)13/h3-4,7,9,14H,2,5-6H2,1H3,(H,15,16). The van der Waals surface area contributed by atoms with Crippen LogP contribution in [0.5, 0.6) is 5.75 Å². The SMILES string of the molecule is CN1c2ccc(O)cc2CC1CCC(=O)O. The van der Waals surface area contributed by atoms with Crippen LogP contribution < -0.4 is 4.90 Å². The van der Waals surface area contributed by atoms with Crippen LogP contribution in [0.1, 0.15) is 18.4 Å². The Morgan fingerprint density at radius 2 is 2.31 bits per heavy atom.